The summed E-state index contributed by atoms with van der Waals surface area (Å²) < 4.78 is 12.0. The maximum Gasteiger partial charge on any atom is 0.319 e. The van der Waals surface area contributed by atoms with E-state index in [0.29, 0.717) is 49.9 Å². The van der Waals surface area contributed by atoms with Gasteiger partial charge in [0.2, 0.25) is 5.91 Å². The van der Waals surface area contributed by atoms with E-state index in [1.807, 2.05) is 24.0 Å². The maximum absolute atomic E-state index is 12.1. The molecule has 3 aliphatic heterocycles. The molecule has 11 heteroatoms. The number of rotatable bonds is 6. The highest BCUT2D eigenvalue weighted by Crippen LogP contribution is 2.43. The summed E-state index contributed by atoms with van der Waals surface area (Å²) in [5, 5.41) is 18.6. The number of benzene rings is 1. The molecule has 39 heavy (non-hydrogen) atoms. The van der Waals surface area contributed by atoms with E-state index >= 15 is 0 Å². The minimum Gasteiger partial charge on any atom is -0.461 e. The summed E-state index contributed by atoms with van der Waals surface area (Å²) in [6, 6.07) is 6.58. The lowest BCUT2D eigenvalue weighted by atomic mass is 9.79. The van der Waals surface area contributed by atoms with Crippen molar-refractivity contribution in [3.63, 3.8) is 0 Å². The average Bonchev–Trinajstić information content (AvgIpc) is 3.58. The van der Waals surface area contributed by atoms with Gasteiger partial charge in [-0.05, 0) is 38.1 Å². The normalized spacial score (nSPS) is 20.7. The molecular weight excluding hydrogens is 496 g/mol. The van der Waals surface area contributed by atoms with Crippen LogP contribution in [0.5, 0.6) is 6.01 Å². The summed E-state index contributed by atoms with van der Waals surface area (Å²) in [5.74, 6) is 0.514. The molecule has 1 atom stereocenters. The largest absolute Gasteiger partial charge is 0.461 e. The van der Waals surface area contributed by atoms with Gasteiger partial charge >= 0.3 is 6.01 Å². The third kappa shape index (κ3) is 4.60. The predicted molar refractivity (Wildman–Crippen MR) is 145 cm³/mol. The fraction of sp³-hybridized carbons (Fsp3) is 0.464. The van der Waals surface area contributed by atoms with Crippen LogP contribution in [-0.2, 0) is 9.53 Å². The fourth-order valence-corrected chi connectivity index (χ4v) is 6.00. The highest BCUT2D eigenvalue weighted by molar-refractivity contribution is 5.97. The van der Waals surface area contributed by atoms with Gasteiger partial charge in [-0.3, -0.25) is 9.89 Å². The van der Waals surface area contributed by atoms with Crippen molar-refractivity contribution in [1.82, 2.24) is 30.0 Å². The van der Waals surface area contributed by atoms with Gasteiger partial charge in [0.15, 0.2) is 5.82 Å². The number of likely N-dealkylation sites (tertiary alicyclic amines) is 1. The van der Waals surface area contributed by atoms with Crippen LogP contribution >= 0.6 is 0 Å². The molecule has 6 rings (SSSR count). The maximum atomic E-state index is 12.1. The standard InChI is InChI=1S/C28H32N8O3/c1-4-23(37)36-16-28(17-36)7-8-35(15-28)26-20(11-29)25(24-18(2)5-6-22-21(24)12-30-33-22)31-27(32-26)39-14-19-13-34(3)9-10-38-19/h4-6,12,19H,1,7-10,13-17H2,2-3H3,(H,30,33)/t19-/m0/s1. The van der Waals surface area contributed by atoms with Gasteiger partial charge < -0.3 is 24.2 Å². The molecule has 3 aromatic rings. The number of likely N-dealkylation sites (N-methyl/N-ethyl adjacent to an activating group) is 1. The van der Waals surface area contributed by atoms with Crippen LogP contribution in [0.1, 0.15) is 17.5 Å². The summed E-state index contributed by atoms with van der Waals surface area (Å²) in [6.07, 6.45) is 3.94. The first kappa shape index (κ1) is 25.3. The van der Waals surface area contributed by atoms with Gasteiger partial charge in [0.25, 0.3) is 0 Å². The summed E-state index contributed by atoms with van der Waals surface area (Å²) >= 11 is 0. The van der Waals surface area contributed by atoms with Crippen molar-refractivity contribution in [1.29, 1.82) is 5.26 Å². The Labute approximate surface area is 227 Å². The number of fused-ring (bicyclic) bond motifs is 1. The monoisotopic (exact) mass is 528 g/mol. The van der Waals surface area contributed by atoms with Crippen molar-refractivity contribution >= 4 is 22.6 Å². The van der Waals surface area contributed by atoms with Gasteiger partial charge in [0.05, 0.1) is 24.0 Å². The van der Waals surface area contributed by atoms with Crippen LogP contribution in [0.25, 0.3) is 22.2 Å². The topological polar surface area (TPSA) is 124 Å². The second kappa shape index (κ2) is 9.94. The third-order valence-corrected chi connectivity index (χ3v) is 8.07. The van der Waals surface area contributed by atoms with Crippen molar-refractivity contribution in [2.75, 3.05) is 64.4 Å². The zero-order valence-electron chi connectivity index (χ0n) is 22.3. The number of nitriles is 1. The van der Waals surface area contributed by atoms with E-state index in [4.69, 9.17) is 19.4 Å². The number of hydrogen-bond donors (Lipinski definition) is 1. The zero-order chi connectivity index (χ0) is 27.1. The minimum atomic E-state index is -0.0904. The summed E-state index contributed by atoms with van der Waals surface area (Å²) in [6.45, 7) is 11.0. The van der Waals surface area contributed by atoms with Gasteiger partial charge in [-0.25, -0.2) is 0 Å². The number of morpholine rings is 1. The smallest absolute Gasteiger partial charge is 0.319 e. The van der Waals surface area contributed by atoms with Crippen LogP contribution in [0.4, 0.5) is 5.82 Å². The van der Waals surface area contributed by atoms with E-state index in [0.717, 1.165) is 48.1 Å². The summed E-state index contributed by atoms with van der Waals surface area (Å²) in [7, 11) is 2.06. The number of nitrogens with one attached hydrogen (secondary N) is 1. The molecule has 0 radical (unpaired) electrons. The average molecular weight is 529 g/mol. The molecule has 0 saturated carbocycles. The van der Waals surface area contributed by atoms with Crippen LogP contribution in [0.3, 0.4) is 0 Å². The van der Waals surface area contributed by atoms with E-state index in [-0.39, 0.29) is 23.4 Å². The van der Waals surface area contributed by atoms with Crippen molar-refractivity contribution < 1.29 is 14.3 Å². The Bertz CT molecular complexity index is 1470. The zero-order valence-corrected chi connectivity index (χ0v) is 22.3. The van der Waals surface area contributed by atoms with E-state index in [1.54, 1.807) is 6.20 Å². The van der Waals surface area contributed by atoms with Gasteiger partial charge in [0, 0.05) is 55.6 Å². The van der Waals surface area contributed by atoms with Crippen molar-refractivity contribution in [2.45, 2.75) is 19.4 Å². The van der Waals surface area contributed by atoms with Gasteiger partial charge in [-0.2, -0.15) is 20.3 Å². The van der Waals surface area contributed by atoms with Crippen LogP contribution in [-0.4, -0.2) is 102 Å². The molecule has 11 nitrogen and oxygen atoms in total. The Kier molecular flexibility index (Phi) is 6.45. The fourth-order valence-electron chi connectivity index (χ4n) is 6.00. The van der Waals surface area contributed by atoms with Crippen LogP contribution in [0.2, 0.25) is 0 Å². The van der Waals surface area contributed by atoms with Gasteiger partial charge in [-0.15, -0.1) is 0 Å². The molecule has 3 fully saturated rings. The number of ether oxygens (including phenoxy) is 2. The lowest BCUT2D eigenvalue weighted by Crippen LogP contribution is -2.59. The number of carbonyl (C=O) groups is 1. The predicted octanol–water partition coefficient (Wildman–Crippen LogP) is 2.13. The van der Waals surface area contributed by atoms with E-state index < -0.39 is 0 Å². The van der Waals surface area contributed by atoms with Crippen LogP contribution in [0, 0.1) is 23.7 Å². The van der Waals surface area contributed by atoms with Gasteiger partial charge in [-0.1, -0.05) is 12.6 Å². The lowest BCUT2D eigenvalue weighted by molar-refractivity contribution is -0.136. The Balaban J connectivity index is 1.38. The van der Waals surface area contributed by atoms with Crippen LogP contribution < -0.4 is 9.64 Å². The second-order valence-electron chi connectivity index (χ2n) is 10.9. The van der Waals surface area contributed by atoms with E-state index in [1.165, 1.54) is 6.08 Å². The van der Waals surface area contributed by atoms with Gasteiger partial charge in [0.1, 0.15) is 24.3 Å². The molecular formula is C28H32N8O3. The third-order valence-electron chi connectivity index (χ3n) is 8.07. The molecule has 3 saturated heterocycles. The summed E-state index contributed by atoms with van der Waals surface area (Å²) in [5.41, 5.74) is 3.59. The van der Waals surface area contributed by atoms with Crippen molar-refractivity contribution in [2.24, 2.45) is 5.41 Å². The molecule has 3 aliphatic rings. The number of aryl methyl sites for hydroxylation is 1. The number of nitrogens with zero attached hydrogens (tertiary/aromatic N) is 7. The molecule has 0 bridgehead atoms. The molecule has 1 amide bonds. The minimum absolute atomic E-state index is 0.0153. The molecule has 1 aromatic carbocycles. The summed E-state index contributed by atoms with van der Waals surface area (Å²) in [4.78, 5) is 27.8. The highest BCUT2D eigenvalue weighted by Gasteiger charge is 2.49. The van der Waals surface area contributed by atoms with Crippen LogP contribution in [0.15, 0.2) is 31.0 Å². The molecule has 5 heterocycles. The molecule has 202 valence electrons. The Hall–Kier alpha value is -4.01. The van der Waals surface area contributed by atoms with Crippen molar-refractivity contribution in [3.8, 4) is 23.3 Å². The first-order chi connectivity index (χ1) is 18.9. The number of amides is 1. The first-order valence-electron chi connectivity index (χ1n) is 13.2. The molecule has 0 aliphatic carbocycles. The van der Waals surface area contributed by atoms with E-state index in [9.17, 15) is 10.1 Å². The number of anilines is 1. The Morgan fingerprint density at radius 1 is 1.33 bits per heavy atom. The quantitative estimate of drug-likeness (QED) is 0.479. The van der Waals surface area contributed by atoms with E-state index in [2.05, 4.69) is 39.7 Å². The number of aromatic amines is 1. The number of carbonyl (C=O) groups excluding carboxylic acids is 1. The van der Waals surface area contributed by atoms with Crippen molar-refractivity contribution in [3.05, 3.63) is 42.1 Å². The second-order valence-corrected chi connectivity index (χ2v) is 10.9. The SMILES string of the molecule is C=CC(=O)N1CC2(CCN(c3nc(OC[C@@H]4CN(C)CCO4)nc(-c4c(C)ccc5[nH]ncc45)c3C#N)C2)C1. The molecule has 1 N–H and O–H groups in total. The number of aromatic nitrogens is 4. The molecule has 1 spiro atoms. The highest BCUT2D eigenvalue weighted by atomic mass is 16.5. The number of H-pyrrole nitrogens is 1. The Morgan fingerprint density at radius 2 is 2.18 bits per heavy atom. The molecule has 0 unspecified atom stereocenters. The Morgan fingerprint density at radius 3 is 2.95 bits per heavy atom. The number of hydrogen-bond acceptors (Lipinski definition) is 9. The molecule has 2 aromatic heterocycles. The first-order valence-corrected chi connectivity index (χ1v) is 13.2. The lowest BCUT2D eigenvalue weighted by Gasteiger charge is -2.47.